The van der Waals surface area contributed by atoms with E-state index in [1.165, 1.54) is 5.56 Å². The van der Waals surface area contributed by atoms with Crippen molar-refractivity contribution in [2.75, 3.05) is 0 Å². The van der Waals surface area contributed by atoms with Crippen LogP contribution < -0.4 is 0 Å². The van der Waals surface area contributed by atoms with Crippen molar-refractivity contribution < 1.29 is 4.79 Å². The molecule has 0 aliphatic rings. The Hall–Kier alpha value is -1.41. The zero-order valence-corrected chi connectivity index (χ0v) is 13.5. The molecule has 2 heteroatoms. The van der Waals surface area contributed by atoms with Crippen LogP contribution in [0.15, 0.2) is 53.0 Å². The maximum atomic E-state index is 12.6. The predicted octanol–water partition coefficient (Wildman–Crippen LogP) is 5.21. The molecule has 0 saturated heterocycles. The number of carbonyl (C=O) groups excluding carboxylic acids is 1. The van der Waals surface area contributed by atoms with Gasteiger partial charge in [-0.05, 0) is 43.5 Å². The molecule has 2 rings (SSSR count). The Labute approximate surface area is 129 Å². The molecular formula is C18H19BrO. The summed E-state index contributed by atoms with van der Waals surface area (Å²) in [4.78, 5) is 12.6. The molecule has 0 radical (unpaired) electrons. The number of rotatable bonds is 5. The van der Waals surface area contributed by atoms with Gasteiger partial charge in [0.25, 0.3) is 0 Å². The van der Waals surface area contributed by atoms with Gasteiger partial charge in [0, 0.05) is 16.0 Å². The average Bonchev–Trinajstić information content (AvgIpc) is 2.46. The zero-order valence-electron chi connectivity index (χ0n) is 11.9. The smallest absolute Gasteiger partial charge is 0.166 e. The van der Waals surface area contributed by atoms with Gasteiger partial charge in [-0.2, -0.15) is 0 Å². The molecule has 2 aromatic carbocycles. The van der Waals surface area contributed by atoms with Crippen LogP contribution in [0.1, 0.15) is 34.8 Å². The minimum absolute atomic E-state index is 0.0537. The topological polar surface area (TPSA) is 17.1 Å². The zero-order chi connectivity index (χ0) is 14.5. The fourth-order valence-corrected chi connectivity index (χ4v) is 2.63. The molecule has 0 aliphatic heterocycles. The van der Waals surface area contributed by atoms with E-state index in [-0.39, 0.29) is 11.7 Å². The van der Waals surface area contributed by atoms with Gasteiger partial charge >= 0.3 is 0 Å². The van der Waals surface area contributed by atoms with E-state index in [1.807, 2.05) is 43.3 Å². The van der Waals surface area contributed by atoms with Crippen molar-refractivity contribution in [1.29, 1.82) is 0 Å². The van der Waals surface area contributed by atoms with Gasteiger partial charge < -0.3 is 0 Å². The largest absolute Gasteiger partial charge is 0.294 e. The fraction of sp³-hybridized carbons (Fsp3) is 0.278. The number of ketones is 1. The normalized spacial score (nSPS) is 12.2. The predicted molar refractivity (Wildman–Crippen MR) is 87.1 cm³/mol. The average molecular weight is 331 g/mol. The number of aryl methyl sites for hydroxylation is 1. The van der Waals surface area contributed by atoms with Crippen molar-refractivity contribution in [2.24, 2.45) is 5.92 Å². The fourth-order valence-electron chi connectivity index (χ4n) is 2.36. The molecule has 0 amide bonds. The Kier molecular flexibility index (Phi) is 5.13. The summed E-state index contributed by atoms with van der Waals surface area (Å²) >= 11 is 3.44. The monoisotopic (exact) mass is 330 g/mol. The first-order valence-electron chi connectivity index (χ1n) is 6.95. The quantitative estimate of drug-likeness (QED) is 0.688. The standard InChI is InChI=1S/C18H19BrO/c1-3-15(12-14-7-9-17(19)10-8-14)18(20)16-6-4-5-13(2)11-16/h4-11,15H,3,12H2,1-2H3. The lowest BCUT2D eigenvalue weighted by Crippen LogP contribution is -2.16. The van der Waals surface area contributed by atoms with Gasteiger partial charge in [0.1, 0.15) is 0 Å². The molecule has 20 heavy (non-hydrogen) atoms. The molecule has 0 N–H and O–H groups in total. The third kappa shape index (κ3) is 3.80. The van der Waals surface area contributed by atoms with Crippen LogP contribution in [-0.4, -0.2) is 5.78 Å². The summed E-state index contributed by atoms with van der Waals surface area (Å²) in [6, 6.07) is 16.1. The molecular weight excluding hydrogens is 312 g/mol. The van der Waals surface area contributed by atoms with Crippen LogP contribution in [0.5, 0.6) is 0 Å². The van der Waals surface area contributed by atoms with Crippen molar-refractivity contribution in [3.63, 3.8) is 0 Å². The van der Waals surface area contributed by atoms with Gasteiger partial charge in [-0.25, -0.2) is 0 Å². The number of halogens is 1. The summed E-state index contributed by atoms with van der Waals surface area (Å²) in [6.07, 6.45) is 1.67. The highest BCUT2D eigenvalue weighted by atomic mass is 79.9. The Morgan fingerprint density at radius 1 is 1.15 bits per heavy atom. The van der Waals surface area contributed by atoms with Gasteiger partial charge in [-0.3, -0.25) is 4.79 Å². The molecule has 1 nitrogen and oxygen atoms in total. The van der Waals surface area contributed by atoms with E-state index in [4.69, 9.17) is 0 Å². The first-order chi connectivity index (χ1) is 9.60. The van der Waals surface area contributed by atoms with Crippen molar-refractivity contribution >= 4 is 21.7 Å². The van der Waals surface area contributed by atoms with Crippen LogP contribution in [0.25, 0.3) is 0 Å². The maximum absolute atomic E-state index is 12.6. The first-order valence-corrected chi connectivity index (χ1v) is 7.74. The second-order valence-corrected chi connectivity index (χ2v) is 6.09. The molecule has 0 bridgehead atoms. The van der Waals surface area contributed by atoms with Crippen molar-refractivity contribution in [3.8, 4) is 0 Å². The van der Waals surface area contributed by atoms with Crippen LogP contribution in [0, 0.1) is 12.8 Å². The number of hydrogen-bond donors (Lipinski definition) is 0. The van der Waals surface area contributed by atoms with E-state index in [9.17, 15) is 4.79 Å². The summed E-state index contributed by atoms with van der Waals surface area (Å²) in [5.74, 6) is 0.303. The summed E-state index contributed by atoms with van der Waals surface area (Å²) < 4.78 is 1.07. The molecule has 0 spiro atoms. The van der Waals surface area contributed by atoms with Crippen LogP contribution in [-0.2, 0) is 6.42 Å². The Morgan fingerprint density at radius 2 is 1.85 bits per heavy atom. The van der Waals surface area contributed by atoms with Crippen molar-refractivity contribution in [1.82, 2.24) is 0 Å². The van der Waals surface area contributed by atoms with Crippen LogP contribution in [0.2, 0.25) is 0 Å². The molecule has 1 unspecified atom stereocenters. The van der Waals surface area contributed by atoms with Crippen molar-refractivity contribution in [2.45, 2.75) is 26.7 Å². The summed E-state index contributed by atoms with van der Waals surface area (Å²) in [5, 5.41) is 0. The van der Waals surface area contributed by atoms with Gasteiger partial charge in [0.2, 0.25) is 0 Å². The number of carbonyl (C=O) groups is 1. The second-order valence-electron chi connectivity index (χ2n) is 5.17. The second kappa shape index (κ2) is 6.85. The molecule has 1 atom stereocenters. The van der Waals surface area contributed by atoms with E-state index in [1.54, 1.807) is 0 Å². The maximum Gasteiger partial charge on any atom is 0.166 e. The van der Waals surface area contributed by atoms with E-state index in [0.717, 1.165) is 28.4 Å². The van der Waals surface area contributed by atoms with Gasteiger partial charge in [-0.1, -0.05) is 58.7 Å². The van der Waals surface area contributed by atoms with Crippen molar-refractivity contribution in [3.05, 3.63) is 69.7 Å². The third-order valence-electron chi connectivity index (χ3n) is 3.56. The molecule has 104 valence electrons. The highest BCUT2D eigenvalue weighted by molar-refractivity contribution is 9.10. The van der Waals surface area contributed by atoms with Gasteiger partial charge in [0.05, 0.1) is 0 Å². The van der Waals surface area contributed by atoms with Crippen LogP contribution >= 0.6 is 15.9 Å². The Bertz CT molecular complexity index is 587. The SMILES string of the molecule is CCC(Cc1ccc(Br)cc1)C(=O)c1cccc(C)c1. The minimum atomic E-state index is 0.0537. The lowest BCUT2D eigenvalue weighted by molar-refractivity contribution is 0.0916. The lowest BCUT2D eigenvalue weighted by atomic mass is 9.89. The molecule has 0 heterocycles. The van der Waals surface area contributed by atoms with E-state index in [2.05, 4.69) is 35.0 Å². The number of benzene rings is 2. The highest BCUT2D eigenvalue weighted by Crippen LogP contribution is 2.20. The van der Waals surface area contributed by atoms with Crippen LogP contribution in [0.4, 0.5) is 0 Å². The first kappa shape index (κ1) is 15.0. The highest BCUT2D eigenvalue weighted by Gasteiger charge is 2.18. The van der Waals surface area contributed by atoms with E-state index in [0.29, 0.717) is 0 Å². The minimum Gasteiger partial charge on any atom is -0.294 e. The molecule has 0 saturated carbocycles. The number of Topliss-reactive ketones (excluding diaryl/α,β-unsaturated/α-hetero) is 1. The molecule has 0 fully saturated rings. The molecule has 0 aliphatic carbocycles. The summed E-state index contributed by atoms with van der Waals surface area (Å²) in [5.41, 5.74) is 3.17. The number of hydrogen-bond acceptors (Lipinski definition) is 1. The third-order valence-corrected chi connectivity index (χ3v) is 4.09. The van der Waals surface area contributed by atoms with E-state index >= 15 is 0 Å². The van der Waals surface area contributed by atoms with E-state index < -0.39 is 0 Å². The Balaban J connectivity index is 2.15. The van der Waals surface area contributed by atoms with Gasteiger partial charge in [-0.15, -0.1) is 0 Å². The van der Waals surface area contributed by atoms with Crippen LogP contribution in [0.3, 0.4) is 0 Å². The summed E-state index contributed by atoms with van der Waals surface area (Å²) in [6.45, 7) is 4.10. The molecule has 0 aromatic heterocycles. The Morgan fingerprint density at radius 3 is 2.45 bits per heavy atom. The molecule has 2 aromatic rings. The lowest BCUT2D eigenvalue weighted by Gasteiger charge is -2.14. The van der Waals surface area contributed by atoms with Gasteiger partial charge in [0.15, 0.2) is 5.78 Å². The summed E-state index contributed by atoms with van der Waals surface area (Å²) in [7, 11) is 0.